The van der Waals surface area contributed by atoms with E-state index >= 15 is 0 Å². The van der Waals surface area contributed by atoms with E-state index in [1.807, 2.05) is 0 Å². The summed E-state index contributed by atoms with van der Waals surface area (Å²) < 4.78 is 16.0. The maximum absolute atomic E-state index is 5.46. The molecule has 0 radical (unpaired) electrons. The lowest BCUT2D eigenvalue weighted by Crippen LogP contribution is -2.10. The van der Waals surface area contributed by atoms with Gasteiger partial charge < -0.3 is 14.2 Å². The molecule has 108 valence electrons. The zero-order valence-corrected chi connectivity index (χ0v) is 13.2. The minimum Gasteiger partial charge on any atom is -0.476 e. The van der Waals surface area contributed by atoms with Crippen LogP contribution < -0.4 is 0 Å². The van der Waals surface area contributed by atoms with E-state index in [-0.39, 0.29) is 4.38 Å². The molecule has 0 fully saturated rings. The van der Waals surface area contributed by atoms with E-state index in [0.717, 1.165) is 18.9 Å². The lowest BCUT2D eigenvalue weighted by molar-refractivity contribution is 0.0347. The Balaban J connectivity index is 2.97. The first-order valence-corrected chi connectivity index (χ1v) is 7.49. The van der Waals surface area contributed by atoms with Gasteiger partial charge in [-0.1, -0.05) is 45.7 Å². The van der Waals surface area contributed by atoms with E-state index in [9.17, 15) is 0 Å². The summed E-state index contributed by atoms with van der Waals surface area (Å²) in [5.74, 6) is 0.812. The van der Waals surface area contributed by atoms with Crippen molar-refractivity contribution in [3.63, 3.8) is 0 Å². The van der Waals surface area contributed by atoms with Crippen LogP contribution in [0.3, 0.4) is 0 Å². The first-order valence-electron chi connectivity index (χ1n) is 6.64. The fourth-order valence-corrected chi connectivity index (χ4v) is 1.62. The molecule has 0 aliphatic rings. The third-order valence-electron chi connectivity index (χ3n) is 2.40. The number of hydrogen-bond donors (Lipinski definition) is 1. The third kappa shape index (κ3) is 16.2. The number of unbranched alkanes of at least 4 members (excludes halogenated alkanes) is 2. The Kier molecular flexibility index (Phi) is 13.7. The molecule has 0 atom stereocenters. The molecule has 0 N–H and O–H groups in total. The molecule has 0 bridgehead atoms. The Morgan fingerprint density at radius 1 is 0.944 bits per heavy atom. The second-order valence-electron chi connectivity index (χ2n) is 4.58. The van der Waals surface area contributed by atoms with Gasteiger partial charge in [0.1, 0.15) is 6.61 Å². The monoisotopic (exact) mass is 294 g/mol. The van der Waals surface area contributed by atoms with Crippen LogP contribution in [0.1, 0.15) is 39.5 Å². The quantitative estimate of drug-likeness (QED) is 0.339. The van der Waals surface area contributed by atoms with Crippen molar-refractivity contribution in [2.24, 2.45) is 5.92 Å². The van der Waals surface area contributed by atoms with Gasteiger partial charge in [-0.05, 0) is 24.6 Å². The van der Waals surface area contributed by atoms with Crippen molar-refractivity contribution in [2.75, 3.05) is 33.0 Å². The molecule has 18 heavy (non-hydrogen) atoms. The van der Waals surface area contributed by atoms with Crippen molar-refractivity contribution in [1.82, 2.24) is 0 Å². The molecule has 0 saturated carbocycles. The number of rotatable bonds is 12. The van der Waals surface area contributed by atoms with Gasteiger partial charge in [-0.25, -0.2) is 0 Å². The summed E-state index contributed by atoms with van der Waals surface area (Å²) >= 11 is 8.48. The highest BCUT2D eigenvalue weighted by Crippen LogP contribution is 2.07. The topological polar surface area (TPSA) is 27.7 Å². The summed E-state index contributed by atoms with van der Waals surface area (Å²) in [6.07, 6.45) is 5.02. The fraction of sp³-hybridized carbons (Fsp3) is 0.923. The van der Waals surface area contributed by atoms with Gasteiger partial charge in [-0.15, -0.1) is 0 Å². The molecule has 0 spiro atoms. The molecule has 0 amide bonds. The molecule has 3 nitrogen and oxygen atoms in total. The summed E-state index contributed by atoms with van der Waals surface area (Å²) in [5.41, 5.74) is 0. The lowest BCUT2D eigenvalue weighted by Gasteiger charge is -2.07. The molecule has 0 aliphatic carbocycles. The fourth-order valence-electron chi connectivity index (χ4n) is 1.44. The smallest absolute Gasteiger partial charge is 0.216 e. The maximum atomic E-state index is 5.46. The maximum Gasteiger partial charge on any atom is 0.216 e. The van der Waals surface area contributed by atoms with Crippen LogP contribution in [-0.4, -0.2) is 37.4 Å². The van der Waals surface area contributed by atoms with Crippen LogP contribution in [0, 0.1) is 5.92 Å². The molecule has 0 heterocycles. The molecule has 0 unspecified atom stereocenters. The van der Waals surface area contributed by atoms with Crippen molar-refractivity contribution in [2.45, 2.75) is 39.5 Å². The molecule has 0 aromatic heterocycles. The van der Waals surface area contributed by atoms with Gasteiger partial charge in [-0.3, -0.25) is 0 Å². The Morgan fingerprint density at radius 2 is 1.56 bits per heavy atom. The van der Waals surface area contributed by atoms with Gasteiger partial charge >= 0.3 is 0 Å². The number of ether oxygens (including phenoxy) is 3. The zero-order valence-electron chi connectivity index (χ0n) is 11.5. The second kappa shape index (κ2) is 13.6. The third-order valence-corrected chi connectivity index (χ3v) is 2.64. The molecule has 0 rings (SSSR count). The number of hydrogen-bond acceptors (Lipinski definition) is 4. The van der Waals surface area contributed by atoms with Crippen LogP contribution in [0.2, 0.25) is 0 Å². The van der Waals surface area contributed by atoms with Gasteiger partial charge in [0.15, 0.2) is 0 Å². The molecule has 5 heteroatoms. The summed E-state index contributed by atoms with van der Waals surface area (Å²) in [7, 11) is 0. The molecule has 0 saturated heterocycles. The molecular formula is C13H26O3S2. The Hall–Kier alpha value is 0.160. The Bertz CT molecular complexity index is 199. The van der Waals surface area contributed by atoms with Crippen LogP contribution in [0.25, 0.3) is 0 Å². The Labute approximate surface area is 122 Å². The minimum atomic E-state index is 0.260. The van der Waals surface area contributed by atoms with Crippen molar-refractivity contribution >= 4 is 29.2 Å². The largest absolute Gasteiger partial charge is 0.476 e. The molecule has 0 aromatic carbocycles. The summed E-state index contributed by atoms with van der Waals surface area (Å²) in [6.45, 7) is 7.59. The highest BCUT2D eigenvalue weighted by molar-refractivity contribution is 8.10. The van der Waals surface area contributed by atoms with Crippen molar-refractivity contribution in [1.29, 1.82) is 0 Å². The van der Waals surface area contributed by atoms with E-state index in [2.05, 4.69) is 38.7 Å². The number of thiol groups is 1. The van der Waals surface area contributed by atoms with E-state index in [1.165, 1.54) is 19.3 Å². The van der Waals surface area contributed by atoms with Crippen molar-refractivity contribution < 1.29 is 14.2 Å². The van der Waals surface area contributed by atoms with E-state index in [1.54, 1.807) is 0 Å². The van der Waals surface area contributed by atoms with Gasteiger partial charge in [0.2, 0.25) is 4.38 Å². The van der Waals surface area contributed by atoms with Crippen LogP contribution in [-0.2, 0) is 14.2 Å². The zero-order chi connectivity index (χ0) is 13.6. The summed E-state index contributed by atoms with van der Waals surface area (Å²) in [4.78, 5) is 0. The Morgan fingerprint density at radius 3 is 2.17 bits per heavy atom. The summed E-state index contributed by atoms with van der Waals surface area (Å²) in [6, 6.07) is 0. The van der Waals surface area contributed by atoms with Crippen LogP contribution >= 0.6 is 24.8 Å². The van der Waals surface area contributed by atoms with Crippen LogP contribution in [0.5, 0.6) is 0 Å². The van der Waals surface area contributed by atoms with Crippen LogP contribution in [0.4, 0.5) is 0 Å². The van der Waals surface area contributed by atoms with Gasteiger partial charge in [0, 0.05) is 6.61 Å². The minimum absolute atomic E-state index is 0.260. The van der Waals surface area contributed by atoms with Gasteiger partial charge in [0.05, 0.1) is 19.8 Å². The highest BCUT2D eigenvalue weighted by atomic mass is 32.1. The van der Waals surface area contributed by atoms with Crippen molar-refractivity contribution in [3.8, 4) is 0 Å². The second-order valence-corrected chi connectivity index (χ2v) is 5.66. The first-order chi connectivity index (χ1) is 8.63. The lowest BCUT2D eigenvalue weighted by atomic mass is 10.1. The molecular weight excluding hydrogens is 268 g/mol. The SMILES string of the molecule is CC(C)CCCCCOCCOCCOC(=S)S. The predicted molar refractivity (Wildman–Crippen MR) is 82.5 cm³/mol. The van der Waals surface area contributed by atoms with E-state index < -0.39 is 0 Å². The molecule has 0 aliphatic heterocycles. The predicted octanol–water partition coefficient (Wildman–Crippen LogP) is 3.47. The van der Waals surface area contributed by atoms with E-state index in [4.69, 9.17) is 14.2 Å². The first kappa shape index (κ1) is 18.2. The average Bonchev–Trinajstić information content (AvgIpc) is 2.29. The molecule has 0 aromatic rings. The standard InChI is InChI=1S/C13H26O3S2/c1-12(2)6-4-3-5-7-14-8-9-15-10-11-16-13(17)18/h12H,3-11H2,1-2H3,(H,17,18). The normalized spacial score (nSPS) is 10.9. The van der Waals surface area contributed by atoms with Gasteiger partial charge in [0.25, 0.3) is 0 Å². The summed E-state index contributed by atoms with van der Waals surface area (Å²) in [5, 5.41) is 0. The highest BCUT2D eigenvalue weighted by Gasteiger charge is 1.95. The van der Waals surface area contributed by atoms with E-state index in [0.29, 0.717) is 26.4 Å². The number of thiocarbonyl (C=S) groups is 1. The van der Waals surface area contributed by atoms with Crippen molar-refractivity contribution in [3.05, 3.63) is 0 Å². The average molecular weight is 294 g/mol. The van der Waals surface area contributed by atoms with Crippen LogP contribution in [0.15, 0.2) is 0 Å². The van der Waals surface area contributed by atoms with Gasteiger partial charge in [-0.2, -0.15) is 0 Å².